The van der Waals surface area contributed by atoms with Crippen LogP contribution in [0.2, 0.25) is 0 Å². The second-order valence-corrected chi connectivity index (χ2v) is 7.72. The number of hydrogen-bond acceptors (Lipinski definition) is 6. The van der Waals surface area contributed by atoms with Gasteiger partial charge in [-0.3, -0.25) is 14.1 Å². The molecule has 154 valence electrons. The molecule has 0 spiro atoms. The molecule has 29 heavy (non-hydrogen) atoms. The number of halogens is 2. The van der Waals surface area contributed by atoms with Gasteiger partial charge in [-0.25, -0.2) is 22.0 Å². The first-order valence-corrected chi connectivity index (χ1v) is 9.96. The summed E-state index contributed by atoms with van der Waals surface area (Å²) in [5, 5.41) is 0. The molecule has 0 fully saturated rings. The summed E-state index contributed by atoms with van der Waals surface area (Å²) in [6, 6.07) is 5.89. The number of esters is 1. The number of carbonyl (C=O) groups is 1. The third-order valence-corrected chi connectivity index (χ3v) is 5.24. The molecule has 0 amide bonds. The van der Waals surface area contributed by atoms with Gasteiger partial charge < -0.3 is 9.15 Å². The van der Waals surface area contributed by atoms with Crippen LogP contribution in [0.4, 0.5) is 14.5 Å². The lowest BCUT2D eigenvalue weighted by Gasteiger charge is -2.09. The van der Waals surface area contributed by atoms with Crippen molar-refractivity contribution in [3.8, 4) is 0 Å². The van der Waals surface area contributed by atoms with Crippen molar-refractivity contribution < 1.29 is 31.1 Å². The number of ether oxygens (including phenoxy) is 1. The molecule has 0 aliphatic rings. The first-order chi connectivity index (χ1) is 13.7. The highest BCUT2D eigenvalue weighted by Crippen LogP contribution is 2.23. The average molecular weight is 426 g/mol. The van der Waals surface area contributed by atoms with Gasteiger partial charge in [-0.05, 0) is 30.7 Å². The summed E-state index contributed by atoms with van der Waals surface area (Å²) in [6.07, 6.45) is 0.621. The Morgan fingerprint density at radius 2 is 1.97 bits per heavy atom. The van der Waals surface area contributed by atoms with Gasteiger partial charge in [0, 0.05) is 12.1 Å². The molecule has 1 heterocycles. The SMILES string of the molecule is CCCOC(=O)Cn1c(=O)oc2cc(S(=O)(=O)Nc3ccc(F)cc3F)ccc21. The number of carbonyl (C=O) groups excluding carboxylic acids is 1. The Labute approximate surface area is 163 Å². The second kappa shape index (κ2) is 8.03. The van der Waals surface area contributed by atoms with E-state index in [2.05, 4.69) is 0 Å². The summed E-state index contributed by atoms with van der Waals surface area (Å²) in [5.74, 6) is -3.44. The molecule has 1 aromatic heterocycles. The zero-order valence-electron chi connectivity index (χ0n) is 15.1. The maximum atomic E-state index is 13.7. The van der Waals surface area contributed by atoms with Gasteiger partial charge in [-0.2, -0.15) is 0 Å². The van der Waals surface area contributed by atoms with Gasteiger partial charge in [0.1, 0.15) is 18.2 Å². The van der Waals surface area contributed by atoms with E-state index in [-0.39, 0.29) is 22.6 Å². The molecule has 0 saturated carbocycles. The summed E-state index contributed by atoms with van der Waals surface area (Å²) in [7, 11) is -4.25. The molecule has 3 aromatic rings. The van der Waals surface area contributed by atoms with Crippen LogP contribution >= 0.6 is 0 Å². The minimum absolute atomic E-state index is 0.0826. The number of aromatic nitrogens is 1. The van der Waals surface area contributed by atoms with Crippen LogP contribution in [0.25, 0.3) is 11.1 Å². The molecular weight excluding hydrogens is 410 g/mol. The number of nitrogens with zero attached hydrogens (tertiary/aromatic N) is 1. The number of fused-ring (bicyclic) bond motifs is 1. The molecule has 0 unspecified atom stereocenters. The summed E-state index contributed by atoms with van der Waals surface area (Å²) in [5.41, 5.74) is -0.333. The van der Waals surface area contributed by atoms with Gasteiger partial charge in [0.25, 0.3) is 10.0 Å². The van der Waals surface area contributed by atoms with Crippen molar-refractivity contribution in [3.63, 3.8) is 0 Å². The van der Waals surface area contributed by atoms with Crippen molar-refractivity contribution in [1.29, 1.82) is 0 Å². The summed E-state index contributed by atoms with van der Waals surface area (Å²) in [6.45, 7) is 1.63. The fourth-order valence-corrected chi connectivity index (χ4v) is 3.61. The Balaban J connectivity index is 1.91. The van der Waals surface area contributed by atoms with Gasteiger partial charge in [0.2, 0.25) is 0 Å². The van der Waals surface area contributed by atoms with Gasteiger partial charge in [0.05, 0.1) is 22.7 Å². The van der Waals surface area contributed by atoms with Gasteiger partial charge in [0.15, 0.2) is 5.58 Å². The van der Waals surface area contributed by atoms with Crippen LogP contribution in [-0.2, 0) is 26.1 Å². The van der Waals surface area contributed by atoms with Gasteiger partial charge >= 0.3 is 11.7 Å². The van der Waals surface area contributed by atoms with Crippen molar-refractivity contribution in [3.05, 3.63) is 58.6 Å². The van der Waals surface area contributed by atoms with E-state index in [9.17, 15) is 26.8 Å². The minimum atomic E-state index is -4.25. The van der Waals surface area contributed by atoms with Crippen molar-refractivity contribution in [2.75, 3.05) is 11.3 Å². The Morgan fingerprint density at radius 3 is 2.66 bits per heavy atom. The summed E-state index contributed by atoms with van der Waals surface area (Å²) in [4.78, 5) is 23.5. The topological polar surface area (TPSA) is 108 Å². The van der Waals surface area contributed by atoms with E-state index < -0.39 is 45.6 Å². The van der Waals surface area contributed by atoms with E-state index in [0.717, 1.165) is 28.8 Å². The van der Waals surface area contributed by atoms with E-state index >= 15 is 0 Å². The molecular formula is C18H16F2N2O6S. The highest BCUT2D eigenvalue weighted by molar-refractivity contribution is 7.92. The number of sulfonamides is 1. The van der Waals surface area contributed by atoms with E-state index in [1.54, 1.807) is 0 Å². The predicted octanol–water partition coefficient (Wildman–Crippen LogP) is 2.63. The largest absolute Gasteiger partial charge is 0.464 e. The monoisotopic (exact) mass is 426 g/mol. The lowest BCUT2D eigenvalue weighted by molar-refractivity contribution is -0.144. The number of benzene rings is 2. The summed E-state index contributed by atoms with van der Waals surface area (Å²) >= 11 is 0. The fourth-order valence-electron chi connectivity index (χ4n) is 2.53. The molecule has 0 saturated heterocycles. The molecule has 0 radical (unpaired) electrons. The van der Waals surface area contributed by atoms with Crippen LogP contribution in [0.15, 0.2) is 50.5 Å². The van der Waals surface area contributed by atoms with Crippen molar-refractivity contribution in [2.45, 2.75) is 24.8 Å². The van der Waals surface area contributed by atoms with Crippen molar-refractivity contribution in [2.24, 2.45) is 0 Å². The molecule has 0 aliphatic carbocycles. The number of anilines is 1. The average Bonchev–Trinajstić information content (AvgIpc) is 2.97. The zero-order valence-corrected chi connectivity index (χ0v) is 16.0. The molecule has 0 bridgehead atoms. The number of rotatable bonds is 7. The van der Waals surface area contributed by atoms with Crippen LogP contribution in [-0.4, -0.2) is 25.6 Å². The van der Waals surface area contributed by atoms with Crippen LogP contribution in [0, 0.1) is 11.6 Å². The van der Waals surface area contributed by atoms with Gasteiger partial charge in [-0.15, -0.1) is 0 Å². The minimum Gasteiger partial charge on any atom is -0.464 e. The molecule has 1 N–H and O–H groups in total. The van der Waals surface area contributed by atoms with E-state index in [1.807, 2.05) is 11.6 Å². The van der Waals surface area contributed by atoms with E-state index in [0.29, 0.717) is 12.5 Å². The Morgan fingerprint density at radius 1 is 1.21 bits per heavy atom. The lowest BCUT2D eigenvalue weighted by Crippen LogP contribution is -2.21. The molecule has 0 atom stereocenters. The highest BCUT2D eigenvalue weighted by atomic mass is 32.2. The maximum absolute atomic E-state index is 13.7. The quantitative estimate of drug-likeness (QED) is 0.582. The molecule has 0 aliphatic heterocycles. The van der Waals surface area contributed by atoms with Crippen LogP contribution in [0.1, 0.15) is 13.3 Å². The highest BCUT2D eigenvalue weighted by Gasteiger charge is 2.20. The normalized spacial score (nSPS) is 11.6. The standard InChI is InChI=1S/C18H16F2N2O6S/c1-2-7-27-17(23)10-22-15-6-4-12(9-16(15)28-18(22)24)29(25,26)21-14-5-3-11(19)8-13(14)20/h3-6,8-9,21H,2,7,10H2,1H3. The Kier molecular flexibility index (Phi) is 5.69. The molecule has 8 nitrogen and oxygen atoms in total. The zero-order chi connectivity index (χ0) is 21.2. The molecule has 2 aromatic carbocycles. The lowest BCUT2D eigenvalue weighted by atomic mass is 10.3. The Bertz CT molecular complexity index is 1230. The second-order valence-electron chi connectivity index (χ2n) is 6.03. The maximum Gasteiger partial charge on any atom is 0.420 e. The predicted molar refractivity (Wildman–Crippen MR) is 98.9 cm³/mol. The smallest absolute Gasteiger partial charge is 0.420 e. The summed E-state index contributed by atoms with van der Waals surface area (Å²) < 4.78 is 64.7. The fraction of sp³-hybridized carbons (Fsp3) is 0.222. The first-order valence-electron chi connectivity index (χ1n) is 8.48. The third kappa shape index (κ3) is 4.45. The van der Waals surface area contributed by atoms with E-state index in [1.165, 1.54) is 6.07 Å². The van der Waals surface area contributed by atoms with Crippen LogP contribution in [0.3, 0.4) is 0 Å². The van der Waals surface area contributed by atoms with Crippen LogP contribution in [0.5, 0.6) is 0 Å². The number of nitrogens with one attached hydrogen (secondary N) is 1. The molecule has 3 rings (SSSR count). The van der Waals surface area contributed by atoms with Gasteiger partial charge in [-0.1, -0.05) is 6.92 Å². The molecule has 11 heteroatoms. The number of oxazole rings is 1. The van der Waals surface area contributed by atoms with Crippen molar-refractivity contribution in [1.82, 2.24) is 4.57 Å². The number of hydrogen-bond donors (Lipinski definition) is 1. The van der Waals surface area contributed by atoms with Crippen LogP contribution < -0.4 is 10.5 Å². The van der Waals surface area contributed by atoms with E-state index in [4.69, 9.17) is 9.15 Å². The Hall–Kier alpha value is -3.21. The third-order valence-electron chi connectivity index (χ3n) is 3.88. The first kappa shape index (κ1) is 20.5. The van der Waals surface area contributed by atoms with Crippen molar-refractivity contribution >= 4 is 32.8 Å².